The number of rotatable bonds is 10. The molecule has 1 amide bonds. The van der Waals surface area contributed by atoms with Gasteiger partial charge >= 0.3 is 23.5 Å². The molecule has 1 fully saturated rings. The number of carbonyl (C=O) groups excluding carboxylic acids is 1. The van der Waals surface area contributed by atoms with Crippen LogP contribution in [0.3, 0.4) is 0 Å². The normalized spacial score (nSPS) is 34.1. The summed E-state index contributed by atoms with van der Waals surface area (Å²) in [5, 5.41) is 23.2. The topological polar surface area (TPSA) is 242 Å². The van der Waals surface area contributed by atoms with Crippen molar-refractivity contribution in [1.82, 2.24) is 10.2 Å². The van der Waals surface area contributed by atoms with Gasteiger partial charge in [-0.05, 0) is 0 Å². The molecule has 2 rings (SSSR count). The van der Waals surface area contributed by atoms with Crippen LogP contribution >= 0.6 is 23.5 Å². The molecular formula is C12H19F2N2O14P3. The van der Waals surface area contributed by atoms with Crippen LogP contribution < -0.4 is 5.32 Å². The molecule has 21 heteroatoms. The van der Waals surface area contributed by atoms with Gasteiger partial charge in [0.1, 0.15) is 25.3 Å². The molecule has 0 aromatic rings. The lowest BCUT2D eigenvalue weighted by atomic mass is 9.87. The number of carbonyl (C=O) groups is 1. The molecule has 33 heavy (non-hydrogen) atoms. The third-order valence-corrected chi connectivity index (χ3v) is 8.07. The highest BCUT2D eigenvalue weighted by molar-refractivity contribution is 7.66. The molecule has 190 valence electrons. The highest BCUT2D eigenvalue weighted by Crippen LogP contribution is 2.66. The first kappa shape index (κ1) is 28.1. The molecule has 2 aliphatic rings. The van der Waals surface area contributed by atoms with Crippen molar-refractivity contribution in [1.29, 1.82) is 0 Å². The van der Waals surface area contributed by atoms with E-state index in [1.165, 1.54) is 0 Å². The van der Waals surface area contributed by atoms with Gasteiger partial charge < -0.3 is 44.7 Å². The molecule has 2 heterocycles. The second-order valence-electron chi connectivity index (χ2n) is 6.72. The second-order valence-corrected chi connectivity index (χ2v) is 11.1. The fraction of sp³-hybridized carbons (Fsp3) is 0.583. The quantitative estimate of drug-likeness (QED) is 0.160. The average Bonchev–Trinajstić information content (AvgIpc) is 2.86. The maximum atomic E-state index is 13.9. The van der Waals surface area contributed by atoms with Crippen LogP contribution in [0.4, 0.5) is 8.78 Å². The van der Waals surface area contributed by atoms with Crippen LogP contribution in [-0.2, 0) is 36.4 Å². The molecule has 2 aliphatic heterocycles. The van der Waals surface area contributed by atoms with Gasteiger partial charge in [0.05, 0.1) is 6.61 Å². The number of nitrogens with one attached hydrogen (secondary N) is 1. The van der Waals surface area contributed by atoms with Gasteiger partial charge in [0.15, 0.2) is 17.4 Å². The van der Waals surface area contributed by atoms with Crippen molar-refractivity contribution >= 4 is 29.4 Å². The Hall–Kier alpha value is -1.10. The minimum absolute atomic E-state index is 0.283. The van der Waals surface area contributed by atoms with Gasteiger partial charge in [-0.2, -0.15) is 8.62 Å². The Morgan fingerprint density at radius 1 is 1.15 bits per heavy atom. The van der Waals surface area contributed by atoms with Gasteiger partial charge in [-0.1, -0.05) is 6.58 Å². The minimum atomic E-state index is -5.90. The molecule has 6 atom stereocenters. The molecule has 0 aromatic carbocycles. The van der Waals surface area contributed by atoms with E-state index in [0.717, 1.165) is 17.2 Å². The Morgan fingerprint density at radius 3 is 2.24 bits per heavy atom. The first-order valence-corrected chi connectivity index (χ1v) is 12.9. The average molecular weight is 546 g/mol. The summed E-state index contributed by atoms with van der Waals surface area (Å²) in [6, 6.07) is 0. The van der Waals surface area contributed by atoms with Crippen LogP contribution in [0.15, 0.2) is 24.7 Å². The van der Waals surface area contributed by atoms with Crippen molar-refractivity contribution in [3.63, 3.8) is 0 Å². The summed E-state index contributed by atoms with van der Waals surface area (Å²) in [4.78, 5) is 47.8. The van der Waals surface area contributed by atoms with E-state index in [0.29, 0.717) is 0 Å². The third kappa shape index (κ3) is 6.32. The molecule has 0 bridgehead atoms. The second kappa shape index (κ2) is 9.51. The van der Waals surface area contributed by atoms with Crippen molar-refractivity contribution in [3.05, 3.63) is 24.7 Å². The number of nitrogens with zero attached hydrogens (tertiary/aromatic N) is 1. The molecule has 16 nitrogen and oxygen atoms in total. The number of amides is 1. The van der Waals surface area contributed by atoms with Gasteiger partial charge in [-0.3, -0.25) is 9.32 Å². The van der Waals surface area contributed by atoms with Crippen molar-refractivity contribution in [2.24, 2.45) is 0 Å². The Bertz CT molecular complexity index is 975. The maximum absolute atomic E-state index is 13.9. The summed E-state index contributed by atoms with van der Waals surface area (Å²) in [7, 11) is -17.3. The Kier molecular flexibility index (Phi) is 8.11. The third-order valence-electron chi connectivity index (χ3n) is 4.29. The first-order chi connectivity index (χ1) is 14.9. The van der Waals surface area contributed by atoms with Gasteiger partial charge in [0.25, 0.3) is 5.91 Å². The molecule has 0 spiro atoms. The largest absolute Gasteiger partial charge is 0.490 e. The number of halogens is 2. The summed E-state index contributed by atoms with van der Waals surface area (Å²) >= 11 is 0. The van der Waals surface area contributed by atoms with Gasteiger partial charge in [-0.15, -0.1) is 0 Å². The highest BCUT2D eigenvalue weighted by atomic mass is 31.3. The number of phosphoric acid groups is 3. The lowest BCUT2D eigenvalue weighted by Gasteiger charge is -2.37. The zero-order valence-corrected chi connectivity index (χ0v) is 18.8. The first-order valence-electron chi connectivity index (χ1n) is 8.35. The molecule has 0 aromatic heterocycles. The van der Waals surface area contributed by atoms with Gasteiger partial charge in [0, 0.05) is 12.3 Å². The van der Waals surface area contributed by atoms with Gasteiger partial charge in [0.2, 0.25) is 0 Å². The predicted molar refractivity (Wildman–Crippen MR) is 98.6 cm³/mol. The maximum Gasteiger partial charge on any atom is 0.490 e. The number of aliphatic hydroxyl groups excluding tert-OH is 1. The van der Waals surface area contributed by atoms with Crippen LogP contribution in [0.1, 0.15) is 0 Å². The lowest BCUT2D eigenvalue weighted by Crippen LogP contribution is -2.58. The smallest absolute Gasteiger partial charge is 0.387 e. The van der Waals surface area contributed by atoms with E-state index in [1.807, 2.05) is 0 Å². The number of hydrogen-bond donors (Lipinski definition) is 7. The number of aliphatic hydroxyl groups is 2. The number of phosphoric ester groups is 1. The van der Waals surface area contributed by atoms with Crippen LogP contribution in [0.25, 0.3) is 0 Å². The van der Waals surface area contributed by atoms with E-state index in [4.69, 9.17) is 19.4 Å². The monoisotopic (exact) mass is 546 g/mol. The molecule has 7 N–H and O–H groups in total. The summed E-state index contributed by atoms with van der Waals surface area (Å²) in [5.41, 5.74) is -5.70. The van der Waals surface area contributed by atoms with Gasteiger partial charge in [-0.25, -0.2) is 22.5 Å². The number of hydrogen-bond acceptors (Lipinski definition) is 11. The molecule has 0 aliphatic carbocycles. The molecule has 1 saturated heterocycles. The fourth-order valence-electron chi connectivity index (χ4n) is 2.87. The SMILES string of the molecule is C=C1NC(=O)C=CN1[C@@H]1O[C@](CF)(COP(=O)(O)OP(=O)(O)OP(=O)(O)O)[C@@H](O)[C@]1(O)CF. The number of ether oxygens (including phenoxy) is 1. The molecule has 0 saturated carbocycles. The van der Waals surface area contributed by atoms with Crippen molar-refractivity contribution < 1.29 is 74.9 Å². The highest BCUT2D eigenvalue weighted by Gasteiger charge is 2.66. The summed E-state index contributed by atoms with van der Waals surface area (Å²) < 4.78 is 78.1. The number of alkyl halides is 2. The Labute approximate surface area is 183 Å². The molecule has 2 unspecified atom stereocenters. The zero-order chi connectivity index (χ0) is 25.5. The van der Waals surface area contributed by atoms with Crippen molar-refractivity contribution in [2.45, 2.75) is 23.5 Å². The van der Waals surface area contributed by atoms with Crippen LogP contribution in [0.2, 0.25) is 0 Å². The minimum Gasteiger partial charge on any atom is -0.387 e. The van der Waals surface area contributed by atoms with E-state index in [-0.39, 0.29) is 5.82 Å². The molecular weight excluding hydrogens is 527 g/mol. The van der Waals surface area contributed by atoms with Crippen molar-refractivity contribution in [2.75, 3.05) is 20.0 Å². The predicted octanol–water partition coefficient (Wildman–Crippen LogP) is -1.13. The fourth-order valence-corrected chi connectivity index (χ4v) is 5.95. The van der Waals surface area contributed by atoms with E-state index in [2.05, 4.69) is 25.0 Å². The lowest BCUT2D eigenvalue weighted by molar-refractivity contribution is -0.151. The van der Waals surface area contributed by atoms with Crippen LogP contribution in [0, 0.1) is 0 Å². The van der Waals surface area contributed by atoms with Crippen LogP contribution in [-0.4, -0.2) is 84.1 Å². The summed E-state index contributed by atoms with van der Waals surface area (Å²) in [6.45, 7) is -1.65. The van der Waals surface area contributed by atoms with E-state index < -0.39 is 72.9 Å². The summed E-state index contributed by atoms with van der Waals surface area (Å²) in [5.74, 6) is -0.947. The molecule has 0 radical (unpaired) electrons. The summed E-state index contributed by atoms with van der Waals surface area (Å²) in [6.07, 6.45) is -2.63. The Balaban J connectivity index is 2.27. The van der Waals surface area contributed by atoms with E-state index in [1.54, 1.807) is 0 Å². The standard InChI is InChI=1S/C12H19F2N2O14P3/c1-7-15-8(17)2-3-16(7)10-12(19,5-14)9(18)11(4-13,28-10)6-27-32(23,24)30-33(25,26)29-31(20,21)22/h2-3,9-10,18-19H,1,4-6H2,(H,15,17)(H,23,24)(H,25,26)(H2,20,21,22)/t9-,10-,11-,12-/m1/s1. The van der Waals surface area contributed by atoms with E-state index in [9.17, 15) is 42.4 Å². The van der Waals surface area contributed by atoms with Crippen molar-refractivity contribution in [3.8, 4) is 0 Å². The zero-order valence-electron chi connectivity index (χ0n) is 16.1. The van der Waals surface area contributed by atoms with Crippen LogP contribution in [0.5, 0.6) is 0 Å². The van der Waals surface area contributed by atoms with E-state index >= 15 is 0 Å². The Morgan fingerprint density at radius 2 is 1.76 bits per heavy atom.